The van der Waals surface area contributed by atoms with Crippen LogP contribution in [0.4, 0.5) is 8.78 Å². The number of rotatable bonds is 4. The lowest BCUT2D eigenvalue weighted by atomic mass is 9.89. The Kier molecular flexibility index (Phi) is 7.11. The number of aryl methyl sites for hydroxylation is 2. The fourth-order valence-electron chi connectivity index (χ4n) is 7.47. The van der Waals surface area contributed by atoms with Crippen LogP contribution in [-0.2, 0) is 19.3 Å². The fourth-order valence-corrected chi connectivity index (χ4v) is 16.3. The molecule has 0 amide bonds. The summed E-state index contributed by atoms with van der Waals surface area (Å²) < 4.78 is 34.0. The Morgan fingerprint density at radius 3 is 2.02 bits per heavy atom. The molecule has 0 bridgehead atoms. The average Bonchev–Trinajstić information content (AvgIpc) is 3.27. The summed E-state index contributed by atoms with van der Waals surface area (Å²) in [5.74, 6) is -0.516. The molecule has 4 aromatic carbocycles. The molecule has 3 aliphatic rings. The average molecular weight is 570 g/mol. The maximum Gasteiger partial charge on any atom is 0.132 e. The van der Waals surface area contributed by atoms with Gasteiger partial charge in [-0.15, -0.1) is 0 Å². The highest BCUT2D eigenvalue weighted by atomic mass is 31.2. The van der Waals surface area contributed by atoms with Gasteiger partial charge >= 0.3 is 0 Å². The summed E-state index contributed by atoms with van der Waals surface area (Å²) in [4.78, 5) is 0. The van der Waals surface area contributed by atoms with Crippen molar-refractivity contribution in [2.75, 3.05) is 6.54 Å². The zero-order chi connectivity index (χ0) is 27.3. The van der Waals surface area contributed by atoms with Crippen molar-refractivity contribution in [1.29, 1.82) is 0 Å². The Morgan fingerprint density at radius 1 is 0.675 bits per heavy atom. The monoisotopic (exact) mass is 569 g/mol. The zero-order valence-corrected chi connectivity index (χ0v) is 24.6. The molecule has 4 aromatic rings. The molecule has 2 heterocycles. The third-order valence-corrected chi connectivity index (χ3v) is 17.5. The van der Waals surface area contributed by atoms with Crippen molar-refractivity contribution in [2.24, 2.45) is 0 Å². The minimum atomic E-state index is -2.23. The molecule has 0 N–H and O–H groups in total. The van der Waals surface area contributed by atoms with Crippen molar-refractivity contribution in [3.8, 4) is 0 Å². The lowest BCUT2D eigenvalue weighted by Crippen LogP contribution is -2.33. The minimum Gasteiger partial charge on any atom is -0.206 e. The van der Waals surface area contributed by atoms with Gasteiger partial charge in [0.2, 0.25) is 0 Å². The van der Waals surface area contributed by atoms with Gasteiger partial charge in [0, 0.05) is 17.2 Å². The van der Waals surface area contributed by atoms with Crippen molar-refractivity contribution in [2.45, 2.75) is 56.3 Å². The van der Waals surface area contributed by atoms with Crippen LogP contribution in [0, 0.1) is 18.3 Å². The van der Waals surface area contributed by atoms with E-state index in [1.807, 2.05) is 24.3 Å². The van der Waals surface area contributed by atoms with E-state index < -0.39 is 15.5 Å². The largest absolute Gasteiger partial charge is 0.206 e. The van der Waals surface area contributed by atoms with E-state index in [1.165, 1.54) is 59.2 Å². The van der Waals surface area contributed by atoms with Crippen molar-refractivity contribution in [1.82, 2.24) is 4.44 Å². The van der Waals surface area contributed by atoms with Crippen LogP contribution in [-0.4, -0.2) is 11.0 Å². The molecule has 0 radical (unpaired) electrons. The molecule has 0 spiro atoms. The first-order chi connectivity index (χ1) is 19.6. The van der Waals surface area contributed by atoms with Gasteiger partial charge in [0.15, 0.2) is 0 Å². The maximum absolute atomic E-state index is 15.7. The highest BCUT2D eigenvalue weighted by Crippen LogP contribution is 2.89. The van der Waals surface area contributed by atoms with Crippen LogP contribution in [0.1, 0.15) is 64.8 Å². The van der Waals surface area contributed by atoms with Gasteiger partial charge in [0.1, 0.15) is 11.6 Å². The van der Waals surface area contributed by atoms with Crippen molar-refractivity contribution >= 4 is 26.1 Å². The van der Waals surface area contributed by atoms with Crippen LogP contribution < -0.4 is 10.6 Å². The predicted molar refractivity (Wildman–Crippen MR) is 166 cm³/mol. The second kappa shape index (κ2) is 10.8. The molecule has 5 heteroatoms. The number of hydrogen-bond acceptors (Lipinski definition) is 1. The number of nitrogens with zero attached hydrogens (tertiary/aromatic N) is 1. The van der Waals surface area contributed by atoms with Crippen LogP contribution in [0.3, 0.4) is 0 Å². The normalized spacial score (nSPS) is 24.3. The first kappa shape index (κ1) is 26.5. The Hall–Kier alpha value is -2.44. The Morgan fingerprint density at radius 2 is 1.30 bits per heavy atom. The third kappa shape index (κ3) is 4.37. The summed E-state index contributed by atoms with van der Waals surface area (Å²) in [5.41, 5.74) is 7.70. The van der Waals surface area contributed by atoms with Crippen molar-refractivity contribution in [3.63, 3.8) is 0 Å². The number of fused-ring (bicyclic) bond motifs is 4. The first-order valence-electron chi connectivity index (χ1n) is 14.5. The second-order valence-electron chi connectivity index (χ2n) is 11.5. The molecule has 1 fully saturated rings. The SMILES string of the molecule is [CH2-][P+]12[C@H](c3ccc4c(c3)CCCC4)CC[C@H]1c1ccccc1CCN2P(c1ccccc1F)c1ccccc1F. The first-order valence-corrected chi connectivity index (χ1v) is 17.9. The Bertz CT molecular complexity index is 1510. The highest BCUT2D eigenvalue weighted by Gasteiger charge is 2.57. The van der Waals surface area contributed by atoms with Gasteiger partial charge in [-0.05, 0) is 104 Å². The van der Waals surface area contributed by atoms with E-state index in [0.29, 0.717) is 10.6 Å². The summed E-state index contributed by atoms with van der Waals surface area (Å²) >= 11 is 0. The fraction of sp³-hybridized carbons (Fsp3) is 0.286. The van der Waals surface area contributed by atoms with Gasteiger partial charge in [0.25, 0.3) is 0 Å². The van der Waals surface area contributed by atoms with E-state index in [9.17, 15) is 0 Å². The van der Waals surface area contributed by atoms with E-state index in [1.54, 1.807) is 12.1 Å². The van der Waals surface area contributed by atoms with Crippen LogP contribution in [0.5, 0.6) is 0 Å². The van der Waals surface area contributed by atoms with Gasteiger partial charge in [-0.3, -0.25) is 0 Å². The summed E-state index contributed by atoms with van der Waals surface area (Å²) in [5, 5.41) is 1.21. The van der Waals surface area contributed by atoms with Crippen LogP contribution in [0.25, 0.3) is 0 Å². The smallest absolute Gasteiger partial charge is 0.132 e. The quantitative estimate of drug-likeness (QED) is 0.175. The van der Waals surface area contributed by atoms with Crippen LogP contribution in [0.2, 0.25) is 0 Å². The van der Waals surface area contributed by atoms with Gasteiger partial charge in [0.05, 0.1) is 19.4 Å². The standard InChI is InChI=1S/C35H35F2NP2/c1-40-34(28-19-18-25-10-2-3-12-27(25)24-28)20-21-35(40)29-13-5-4-11-26(29)22-23-38(40)39(32-16-8-6-14-30(32)36)33-17-9-7-15-31(33)37/h4-9,11,13-19,24,34-35H,1-3,10,12,20-23H2/t34-,35-,40?/m0/s1. The molecule has 1 aliphatic carbocycles. The summed E-state index contributed by atoms with van der Waals surface area (Å²) in [7, 11) is -3.69. The Balaban J connectivity index is 1.44. The van der Waals surface area contributed by atoms with E-state index in [2.05, 4.69) is 46.9 Å². The molecule has 40 heavy (non-hydrogen) atoms. The molecule has 1 unspecified atom stereocenters. The molecular weight excluding hydrogens is 534 g/mol. The molecule has 204 valence electrons. The molecule has 3 atom stereocenters. The molecular formula is C35H35F2NP2. The van der Waals surface area contributed by atoms with E-state index in [4.69, 9.17) is 6.66 Å². The third-order valence-electron chi connectivity index (χ3n) is 9.37. The highest BCUT2D eigenvalue weighted by molar-refractivity contribution is 7.87. The van der Waals surface area contributed by atoms with Gasteiger partial charge in [-0.2, -0.15) is 11.1 Å². The molecule has 0 saturated carbocycles. The van der Waals surface area contributed by atoms with Crippen LogP contribution >= 0.6 is 15.5 Å². The van der Waals surface area contributed by atoms with Crippen LogP contribution in [0.15, 0.2) is 91.0 Å². The molecule has 2 aliphatic heterocycles. The van der Waals surface area contributed by atoms with Crippen molar-refractivity contribution < 1.29 is 8.78 Å². The predicted octanol–water partition coefficient (Wildman–Crippen LogP) is 9.05. The number of halogens is 2. The molecule has 0 aromatic heterocycles. The summed E-state index contributed by atoms with van der Waals surface area (Å²) in [6.45, 7) is 5.99. The van der Waals surface area contributed by atoms with Gasteiger partial charge in [-0.25, -0.2) is 8.78 Å². The van der Waals surface area contributed by atoms with Gasteiger partial charge < -0.3 is 0 Å². The lowest BCUT2D eigenvalue weighted by molar-refractivity contribution is 0.628. The molecule has 7 rings (SSSR count). The van der Waals surface area contributed by atoms with E-state index >= 15 is 8.78 Å². The second-order valence-corrected chi connectivity index (χ2v) is 17.4. The number of hydrogen-bond donors (Lipinski definition) is 0. The zero-order valence-electron chi connectivity index (χ0n) is 22.8. The minimum absolute atomic E-state index is 0.258. The van der Waals surface area contributed by atoms with E-state index in [-0.39, 0.29) is 23.0 Å². The topological polar surface area (TPSA) is 3.24 Å². The maximum atomic E-state index is 15.7. The molecule has 1 saturated heterocycles. The Labute approximate surface area is 238 Å². The van der Waals surface area contributed by atoms with E-state index in [0.717, 1.165) is 32.2 Å². The summed E-state index contributed by atoms with van der Waals surface area (Å²) in [6, 6.07) is 30.1. The van der Waals surface area contributed by atoms with Crippen molar-refractivity contribution in [3.05, 3.63) is 137 Å². The molecule has 1 nitrogen and oxygen atoms in total. The van der Waals surface area contributed by atoms with Gasteiger partial charge in [-0.1, -0.05) is 66.7 Å². The lowest BCUT2D eigenvalue weighted by Gasteiger charge is -2.48. The number of benzene rings is 4. The summed E-state index contributed by atoms with van der Waals surface area (Å²) in [6.07, 6.45) is 7.81.